The van der Waals surface area contributed by atoms with Gasteiger partial charge >= 0.3 is 0 Å². The lowest BCUT2D eigenvalue weighted by Gasteiger charge is -2.09. The summed E-state index contributed by atoms with van der Waals surface area (Å²) >= 11 is 5.34. The Morgan fingerprint density at radius 2 is 1.93 bits per heavy atom. The number of methoxy groups -OCH3 is 1. The fourth-order valence-corrected chi connectivity index (χ4v) is 1.23. The Bertz CT molecular complexity index is 308. The molecule has 0 radical (unpaired) electrons. The summed E-state index contributed by atoms with van der Waals surface area (Å²) in [7, 11) is 1.17. The fourth-order valence-electron chi connectivity index (χ4n) is 1.06. The molecule has 0 saturated carbocycles. The second-order valence-corrected chi connectivity index (χ2v) is 3.00. The van der Waals surface area contributed by atoms with Gasteiger partial charge in [0.25, 0.3) is 0 Å². The first-order valence-electron chi connectivity index (χ1n) is 3.87. The zero-order valence-electron chi connectivity index (χ0n) is 7.43. The van der Waals surface area contributed by atoms with Crippen LogP contribution in [0.2, 0.25) is 0 Å². The summed E-state index contributed by atoms with van der Waals surface area (Å²) in [6.07, 6.45) is -1.08. The number of ether oxygens (including phenoxy) is 1. The van der Waals surface area contributed by atoms with E-state index in [1.165, 1.54) is 7.11 Å². The second kappa shape index (κ2) is 4.57. The highest BCUT2D eigenvalue weighted by Crippen LogP contribution is 2.26. The molecule has 0 fully saturated rings. The molecule has 0 bridgehead atoms. The van der Waals surface area contributed by atoms with Gasteiger partial charge in [-0.2, -0.15) is 0 Å². The molecule has 5 heteroatoms. The van der Waals surface area contributed by atoms with E-state index in [1.807, 2.05) is 0 Å². The van der Waals surface area contributed by atoms with Gasteiger partial charge in [0.2, 0.25) is 0 Å². The van der Waals surface area contributed by atoms with Crippen molar-refractivity contribution in [2.45, 2.75) is 6.10 Å². The van der Waals surface area contributed by atoms with Crippen LogP contribution in [0.4, 0.5) is 8.78 Å². The Hall–Kier alpha value is -0.870. The normalized spacial score (nSPS) is 12.6. The van der Waals surface area contributed by atoms with E-state index in [4.69, 9.17) is 11.6 Å². The molecule has 0 aliphatic carbocycles. The largest absolute Gasteiger partial charge is 0.491 e. The maximum atomic E-state index is 13.1. The molecule has 1 rings (SSSR count). The van der Waals surface area contributed by atoms with Crippen LogP contribution in [-0.4, -0.2) is 18.1 Å². The third kappa shape index (κ3) is 2.13. The van der Waals surface area contributed by atoms with Crippen molar-refractivity contribution in [3.05, 3.63) is 29.3 Å². The first-order chi connectivity index (χ1) is 6.60. The molecule has 0 heterocycles. The van der Waals surface area contributed by atoms with Gasteiger partial charge in [0.1, 0.15) is 0 Å². The van der Waals surface area contributed by atoms with Gasteiger partial charge in [-0.25, -0.2) is 8.78 Å². The minimum absolute atomic E-state index is 0.0933. The molecule has 14 heavy (non-hydrogen) atoms. The lowest BCUT2D eigenvalue weighted by atomic mass is 10.1. The standard InChI is InChI=1S/C9H9ClF2O2/c1-14-9-6(11)2-5(3-7(9)12)8(13)4-10/h2-3,8,13H,4H2,1H3. The van der Waals surface area contributed by atoms with E-state index in [9.17, 15) is 13.9 Å². The molecule has 1 N–H and O–H groups in total. The van der Waals surface area contributed by atoms with E-state index in [0.717, 1.165) is 12.1 Å². The van der Waals surface area contributed by atoms with Crippen molar-refractivity contribution >= 4 is 11.6 Å². The average Bonchev–Trinajstić information content (AvgIpc) is 2.16. The molecule has 1 unspecified atom stereocenters. The zero-order chi connectivity index (χ0) is 10.7. The molecule has 0 aliphatic rings. The Kier molecular flexibility index (Phi) is 3.66. The van der Waals surface area contributed by atoms with E-state index >= 15 is 0 Å². The Morgan fingerprint density at radius 3 is 2.29 bits per heavy atom. The number of aliphatic hydroxyl groups is 1. The predicted molar refractivity (Wildman–Crippen MR) is 48.6 cm³/mol. The van der Waals surface area contributed by atoms with Crippen LogP contribution in [0.3, 0.4) is 0 Å². The number of rotatable bonds is 3. The number of benzene rings is 1. The predicted octanol–water partition coefficient (Wildman–Crippen LogP) is 2.25. The molecule has 78 valence electrons. The molecule has 0 saturated heterocycles. The fraction of sp³-hybridized carbons (Fsp3) is 0.333. The van der Waals surface area contributed by atoms with Gasteiger partial charge < -0.3 is 9.84 Å². The molecule has 0 amide bonds. The van der Waals surface area contributed by atoms with E-state index in [0.29, 0.717) is 0 Å². The third-order valence-electron chi connectivity index (χ3n) is 1.76. The molecule has 1 aromatic carbocycles. The molecule has 0 aliphatic heterocycles. The number of halogens is 3. The minimum Gasteiger partial charge on any atom is -0.491 e. The average molecular weight is 223 g/mol. The van der Waals surface area contributed by atoms with Crippen LogP contribution in [0.25, 0.3) is 0 Å². The van der Waals surface area contributed by atoms with Crippen molar-refractivity contribution < 1.29 is 18.6 Å². The lowest BCUT2D eigenvalue weighted by Crippen LogP contribution is -2.02. The number of hydrogen-bond donors (Lipinski definition) is 1. The second-order valence-electron chi connectivity index (χ2n) is 2.69. The van der Waals surface area contributed by atoms with Crippen LogP contribution in [0, 0.1) is 11.6 Å². The highest BCUT2D eigenvalue weighted by Gasteiger charge is 2.15. The maximum Gasteiger partial charge on any atom is 0.190 e. The van der Waals surface area contributed by atoms with E-state index < -0.39 is 23.5 Å². The Morgan fingerprint density at radius 1 is 1.43 bits per heavy atom. The summed E-state index contributed by atoms with van der Waals surface area (Å²) in [5, 5.41) is 9.24. The van der Waals surface area contributed by atoms with Crippen molar-refractivity contribution in [1.82, 2.24) is 0 Å². The van der Waals surface area contributed by atoms with Crippen molar-refractivity contribution in [1.29, 1.82) is 0 Å². The van der Waals surface area contributed by atoms with Gasteiger partial charge in [-0.1, -0.05) is 0 Å². The van der Waals surface area contributed by atoms with E-state index in [1.54, 1.807) is 0 Å². The lowest BCUT2D eigenvalue weighted by molar-refractivity contribution is 0.201. The van der Waals surface area contributed by atoms with Gasteiger partial charge in [-0.15, -0.1) is 11.6 Å². The van der Waals surface area contributed by atoms with Crippen molar-refractivity contribution in [3.8, 4) is 5.75 Å². The van der Waals surface area contributed by atoms with Crippen LogP contribution < -0.4 is 4.74 Å². The summed E-state index contributed by atoms with van der Waals surface area (Å²) in [6.45, 7) is 0. The minimum atomic E-state index is -1.08. The SMILES string of the molecule is COc1c(F)cc(C(O)CCl)cc1F. The van der Waals surface area contributed by atoms with Crippen molar-refractivity contribution in [2.24, 2.45) is 0 Å². The Labute approximate surface area is 85.1 Å². The summed E-state index contributed by atoms with van der Waals surface area (Å²) < 4.78 is 30.7. The van der Waals surface area contributed by atoms with Crippen LogP contribution in [0.15, 0.2) is 12.1 Å². The molecule has 0 spiro atoms. The molecule has 1 aromatic rings. The Balaban J connectivity index is 3.13. The summed E-state index contributed by atoms with van der Waals surface area (Å²) in [5.74, 6) is -2.29. The first kappa shape index (κ1) is 11.2. The smallest absolute Gasteiger partial charge is 0.190 e. The van der Waals surface area contributed by atoms with Gasteiger partial charge in [-0.3, -0.25) is 0 Å². The summed E-state index contributed by atoms with van der Waals surface area (Å²) in [6, 6.07) is 1.99. The molecular weight excluding hydrogens is 214 g/mol. The van der Waals surface area contributed by atoms with Gasteiger partial charge in [0, 0.05) is 0 Å². The number of alkyl halides is 1. The molecule has 0 aromatic heterocycles. The maximum absolute atomic E-state index is 13.1. The van der Waals surface area contributed by atoms with Crippen LogP contribution in [0.1, 0.15) is 11.7 Å². The van der Waals surface area contributed by atoms with Crippen LogP contribution >= 0.6 is 11.6 Å². The highest BCUT2D eigenvalue weighted by molar-refractivity contribution is 6.18. The monoisotopic (exact) mass is 222 g/mol. The number of hydrogen-bond acceptors (Lipinski definition) is 2. The van der Waals surface area contributed by atoms with E-state index in [-0.39, 0.29) is 11.4 Å². The third-order valence-corrected chi connectivity index (χ3v) is 2.05. The quantitative estimate of drug-likeness (QED) is 0.795. The number of aliphatic hydroxyl groups excluding tert-OH is 1. The van der Waals surface area contributed by atoms with Crippen LogP contribution in [-0.2, 0) is 0 Å². The van der Waals surface area contributed by atoms with Crippen molar-refractivity contribution in [2.75, 3.05) is 13.0 Å². The highest BCUT2D eigenvalue weighted by atomic mass is 35.5. The van der Waals surface area contributed by atoms with Crippen molar-refractivity contribution in [3.63, 3.8) is 0 Å². The molecule has 2 nitrogen and oxygen atoms in total. The van der Waals surface area contributed by atoms with E-state index in [2.05, 4.69) is 4.74 Å². The zero-order valence-corrected chi connectivity index (χ0v) is 8.18. The van der Waals surface area contributed by atoms with Gasteiger partial charge in [0.05, 0.1) is 19.1 Å². The van der Waals surface area contributed by atoms with Gasteiger partial charge in [0.15, 0.2) is 17.4 Å². The summed E-state index contributed by atoms with van der Waals surface area (Å²) in [5.41, 5.74) is 0.0933. The van der Waals surface area contributed by atoms with Crippen LogP contribution in [0.5, 0.6) is 5.75 Å². The van der Waals surface area contributed by atoms with Gasteiger partial charge in [-0.05, 0) is 17.7 Å². The molecule has 1 atom stereocenters. The first-order valence-corrected chi connectivity index (χ1v) is 4.40. The summed E-state index contributed by atoms with van der Waals surface area (Å²) in [4.78, 5) is 0. The topological polar surface area (TPSA) is 29.5 Å². The molecular formula is C9H9ClF2O2.